The van der Waals surface area contributed by atoms with Crippen LogP contribution in [0.1, 0.15) is 12.8 Å². The van der Waals surface area contributed by atoms with Gasteiger partial charge in [-0.25, -0.2) is 0 Å². The van der Waals surface area contributed by atoms with E-state index in [-0.39, 0.29) is 5.91 Å². The van der Waals surface area contributed by atoms with Crippen LogP contribution in [0.4, 0.5) is 0 Å². The van der Waals surface area contributed by atoms with Crippen molar-refractivity contribution in [3.63, 3.8) is 0 Å². The highest BCUT2D eigenvalue weighted by Crippen LogP contribution is 2.41. The molecule has 0 aliphatic heterocycles. The van der Waals surface area contributed by atoms with E-state index in [4.69, 9.17) is 14.2 Å². The summed E-state index contributed by atoms with van der Waals surface area (Å²) in [7, 11) is 6.55. The Bertz CT molecular complexity index is 779. The standard InChI is InChI=1S/C17H22N4O4S/c1-21-16(10-7-12(23-2)15(25-4)13(8-10)24-3)19-20-17(21)26-9-14(22)18-11-5-6-11/h7-8,11H,5-6,9H2,1-4H3,(H,18,22). The molecule has 0 saturated heterocycles. The Hall–Kier alpha value is -2.42. The van der Waals surface area contributed by atoms with Crippen LogP contribution in [0.15, 0.2) is 17.3 Å². The zero-order chi connectivity index (χ0) is 18.7. The maximum absolute atomic E-state index is 11.9. The Morgan fingerprint density at radius 3 is 2.38 bits per heavy atom. The first-order chi connectivity index (χ1) is 12.6. The van der Waals surface area contributed by atoms with Gasteiger partial charge in [0.05, 0.1) is 27.1 Å². The van der Waals surface area contributed by atoms with Crippen LogP contribution in [0.2, 0.25) is 0 Å². The number of carbonyl (C=O) groups excluding carboxylic acids is 1. The maximum Gasteiger partial charge on any atom is 0.230 e. The van der Waals surface area contributed by atoms with Crippen molar-refractivity contribution in [3.05, 3.63) is 12.1 Å². The lowest BCUT2D eigenvalue weighted by Crippen LogP contribution is -2.27. The average molecular weight is 378 g/mol. The second kappa shape index (κ2) is 7.86. The van der Waals surface area contributed by atoms with Gasteiger partial charge in [0.2, 0.25) is 11.7 Å². The van der Waals surface area contributed by atoms with Crippen molar-refractivity contribution in [2.24, 2.45) is 7.05 Å². The molecule has 1 saturated carbocycles. The number of carbonyl (C=O) groups is 1. The second-order valence-electron chi connectivity index (χ2n) is 5.91. The first kappa shape index (κ1) is 18.4. The van der Waals surface area contributed by atoms with Gasteiger partial charge in [-0.2, -0.15) is 0 Å². The molecule has 0 atom stereocenters. The molecule has 0 bridgehead atoms. The lowest BCUT2D eigenvalue weighted by molar-refractivity contribution is -0.118. The van der Waals surface area contributed by atoms with Gasteiger partial charge in [-0.05, 0) is 25.0 Å². The summed E-state index contributed by atoms with van der Waals surface area (Å²) >= 11 is 1.36. The highest BCUT2D eigenvalue weighted by Gasteiger charge is 2.24. The van der Waals surface area contributed by atoms with E-state index in [2.05, 4.69) is 15.5 Å². The van der Waals surface area contributed by atoms with Gasteiger partial charge in [0.1, 0.15) is 0 Å². The highest BCUT2D eigenvalue weighted by molar-refractivity contribution is 7.99. The summed E-state index contributed by atoms with van der Waals surface area (Å²) in [6.45, 7) is 0. The number of hydrogen-bond acceptors (Lipinski definition) is 7. The number of amides is 1. The summed E-state index contributed by atoms with van der Waals surface area (Å²) in [5.74, 6) is 2.60. The normalized spacial score (nSPS) is 13.4. The van der Waals surface area contributed by atoms with E-state index in [1.165, 1.54) is 11.8 Å². The van der Waals surface area contributed by atoms with E-state index in [1.54, 1.807) is 21.3 Å². The minimum atomic E-state index is 0.0230. The molecule has 1 fully saturated rings. The maximum atomic E-state index is 11.9. The summed E-state index contributed by atoms with van der Waals surface area (Å²) in [6, 6.07) is 4.00. The lowest BCUT2D eigenvalue weighted by atomic mass is 10.1. The molecule has 1 aliphatic rings. The van der Waals surface area contributed by atoms with Crippen molar-refractivity contribution in [3.8, 4) is 28.6 Å². The molecule has 0 radical (unpaired) electrons. The first-order valence-corrected chi connectivity index (χ1v) is 9.17. The van der Waals surface area contributed by atoms with Crippen molar-refractivity contribution in [1.82, 2.24) is 20.1 Å². The number of methoxy groups -OCH3 is 3. The molecule has 0 unspecified atom stereocenters. The molecule has 9 heteroatoms. The van der Waals surface area contributed by atoms with E-state index in [0.29, 0.717) is 40.0 Å². The van der Waals surface area contributed by atoms with E-state index < -0.39 is 0 Å². The molecule has 1 aliphatic carbocycles. The minimum absolute atomic E-state index is 0.0230. The zero-order valence-electron chi connectivity index (χ0n) is 15.2. The third-order valence-electron chi connectivity index (χ3n) is 4.03. The molecule has 2 aromatic rings. The molecule has 1 heterocycles. The van der Waals surface area contributed by atoms with Gasteiger partial charge in [0.15, 0.2) is 22.5 Å². The van der Waals surface area contributed by atoms with Gasteiger partial charge >= 0.3 is 0 Å². The highest BCUT2D eigenvalue weighted by atomic mass is 32.2. The zero-order valence-corrected chi connectivity index (χ0v) is 16.1. The second-order valence-corrected chi connectivity index (χ2v) is 6.85. The van der Waals surface area contributed by atoms with Crippen LogP contribution >= 0.6 is 11.8 Å². The lowest BCUT2D eigenvalue weighted by Gasteiger charge is -2.14. The molecule has 140 valence electrons. The van der Waals surface area contributed by atoms with Crippen LogP contribution in [0.25, 0.3) is 11.4 Å². The van der Waals surface area contributed by atoms with Gasteiger partial charge < -0.3 is 24.1 Å². The average Bonchev–Trinajstić information content (AvgIpc) is 3.39. The summed E-state index contributed by atoms with van der Waals surface area (Å²) < 4.78 is 18.0. The molecule has 8 nitrogen and oxygen atoms in total. The molecule has 1 aromatic carbocycles. The van der Waals surface area contributed by atoms with Crippen LogP contribution in [-0.2, 0) is 11.8 Å². The number of hydrogen-bond donors (Lipinski definition) is 1. The van der Waals surface area contributed by atoms with Crippen LogP contribution < -0.4 is 19.5 Å². The largest absolute Gasteiger partial charge is 0.493 e. The summed E-state index contributed by atoms with van der Waals surface area (Å²) in [5, 5.41) is 12.1. The molecule has 1 amide bonds. The molecule has 3 rings (SSSR count). The fourth-order valence-electron chi connectivity index (χ4n) is 2.53. The monoisotopic (exact) mass is 378 g/mol. The fraction of sp³-hybridized carbons (Fsp3) is 0.471. The van der Waals surface area contributed by atoms with Gasteiger partial charge in [0, 0.05) is 18.7 Å². The van der Waals surface area contributed by atoms with Gasteiger partial charge in [-0.15, -0.1) is 10.2 Å². The van der Waals surface area contributed by atoms with E-state index in [0.717, 1.165) is 18.4 Å². The van der Waals surface area contributed by atoms with Gasteiger partial charge in [0.25, 0.3) is 0 Å². The topological polar surface area (TPSA) is 87.5 Å². The smallest absolute Gasteiger partial charge is 0.230 e. The van der Waals surface area contributed by atoms with Crippen molar-refractivity contribution >= 4 is 17.7 Å². The van der Waals surface area contributed by atoms with Crippen LogP contribution in [-0.4, -0.2) is 53.8 Å². The van der Waals surface area contributed by atoms with Crippen LogP contribution in [0.3, 0.4) is 0 Å². The number of nitrogens with zero attached hydrogens (tertiary/aromatic N) is 3. The minimum Gasteiger partial charge on any atom is -0.493 e. The number of ether oxygens (including phenoxy) is 3. The van der Waals surface area contributed by atoms with Gasteiger partial charge in [-0.3, -0.25) is 4.79 Å². The Labute approximate surface area is 156 Å². The number of rotatable bonds is 8. The Morgan fingerprint density at radius 2 is 1.85 bits per heavy atom. The number of aromatic nitrogens is 3. The predicted octanol–water partition coefficient (Wildman–Crippen LogP) is 1.88. The third-order valence-corrected chi connectivity index (χ3v) is 5.05. The molecular formula is C17H22N4O4S. The van der Waals surface area contributed by atoms with E-state index in [9.17, 15) is 4.79 Å². The number of benzene rings is 1. The Kier molecular flexibility index (Phi) is 5.55. The van der Waals surface area contributed by atoms with E-state index in [1.807, 2.05) is 23.7 Å². The summed E-state index contributed by atoms with van der Waals surface area (Å²) in [6.07, 6.45) is 2.15. The van der Waals surface area contributed by atoms with E-state index >= 15 is 0 Å². The Balaban J connectivity index is 1.81. The first-order valence-electron chi connectivity index (χ1n) is 8.19. The van der Waals surface area contributed by atoms with Crippen molar-refractivity contribution in [2.75, 3.05) is 27.1 Å². The molecule has 26 heavy (non-hydrogen) atoms. The van der Waals surface area contributed by atoms with Gasteiger partial charge in [-0.1, -0.05) is 11.8 Å². The molecule has 1 aromatic heterocycles. The van der Waals surface area contributed by atoms with Crippen LogP contribution in [0, 0.1) is 0 Å². The number of nitrogens with one attached hydrogen (secondary N) is 1. The molecule has 1 N–H and O–H groups in total. The predicted molar refractivity (Wildman–Crippen MR) is 98.0 cm³/mol. The summed E-state index contributed by atoms with van der Waals surface area (Å²) in [4.78, 5) is 11.9. The number of thioether (sulfide) groups is 1. The Morgan fingerprint density at radius 1 is 1.19 bits per heavy atom. The molecular weight excluding hydrogens is 356 g/mol. The fourth-order valence-corrected chi connectivity index (χ4v) is 3.25. The quantitative estimate of drug-likeness (QED) is 0.702. The molecule has 0 spiro atoms. The van der Waals surface area contributed by atoms with Crippen molar-refractivity contribution in [2.45, 2.75) is 24.0 Å². The SMILES string of the molecule is COc1cc(-c2nnc(SCC(=O)NC3CC3)n2C)cc(OC)c1OC. The van der Waals surface area contributed by atoms with Crippen LogP contribution in [0.5, 0.6) is 17.2 Å². The van der Waals surface area contributed by atoms with Crippen molar-refractivity contribution < 1.29 is 19.0 Å². The summed E-state index contributed by atoms with van der Waals surface area (Å²) in [5.41, 5.74) is 0.781. The third kappa shape index (κ3) is 3.87. The van der Waals surface area contributed by atoms with Crippen molar-refractivity contribution in [1.29, 1.82) is 0 Å².